The Morgan fingerprint density at radius 1 is 1.29 bits per heavy atom. The van der Waals surface area contributed by atoms with Crippen molar-refractivity contribution in [3.05, 3.63) is 0 Å². The molecule has 0 N–H and O–H groups in total. The van der Waals surface area contributed by atoms with Crippen molar-refractivity contribution in [2.45, 2.75) is 13.1 Å². The molecule has 5 heteroatoms. The van der Waals surface area contributed by atoms with Crippen LogP contribution >= 0.6 is 0 Å². The van der Waals surface area contributed by atoms with Crippen LogP contribution in [0.25, 0.3) is 0 Å². The Bertz CT molecular complexity index is 55.2. The first-order chi connectivity index (χ1) is 2.94. The molecule has 0 amide bonds. The smallest absolute Gasteiger partial charge is 0.0861 e. The highest BCUT2D eigenvalue weighted by Crippen LogP contribution is 1.94. The van der Waals surface area contributed by atoms with Crippen LogP contribution in [-0.2, 0) is 0 Å². The van der Waals surface area contributed by atoms with E-state index in [0.717, 1.165) is 0 Å². The molecule has 1 nitrogen and oxygen atoms in total. The van der Waals surface area contributed by atoms with Gasteiger partial charge in [0.15, 0.2) is 0 Å². The number of nitrogens with zero attached hydrogens (tertiary/aromatic N) is 1. The first-order valence-corrected chi connectivity index (χ1v) is 10.9. The third-order valence-electron chi connectivity index (χ3n) is 1.34. The fourth-order valence-electron chi connectivity index (χ4n) is 0. The highest BCUT2D eigenvalue weighted by Gasteiger charge is 2.13. The molecule has 0 radical (unpaired) electrons. The van der Waals surface area contributed by atoms with E-state index in [9.17, 15) is 0 Å². The molecule has 0 fully saturated rings. The fourth-order valence-corrected chi connectivity index (χ4v) is 0. The number of rotatable bonds is 1. The molecule has 44 valence electrons. The fraction of sp³-hybridized carbons (Fsp3) is 1.00. The van der Waals surface area contributed by atoms with Gasteiger partial charge >= 0.3 is 0 Å². The maximum absolute atomic E-state index is 2.67. The van der Waals surface area contributed by atoms with E-state index in [1.165, 1.54) is 30.6 Å². The Morgan fingerprint density at radius 2 is 1.43 bits per heavy atom. The monoisotopic (exact) mass is 165 g/mol. The van der Waals surface area contributed by atoms with Gasteiger partial charge < -0.3 is 3.90 Å². The molecule has 0 spiro atoms. The molecule has 0 aliphatic carbocycles. The van der Waals surface area contributed by atoms with Crippen molar-refractivity contribution >= 4 is 38.3 Å². The van der Waals surface area contributed by atoms with E-state index in [1.807, 2.05) is 0 Å². The average molecular weight is 165 g/mol. The van der Waals surface area contributed by atoms with Crippen LogP contribution in [0.5, 0.6) is 0 Å². The third-order valence-corrected chi connectivity index (χ3v) is 20.1. The quantitative estimate of drug-likeness (QED) is 0.373. The zero-order valence-electron chi connectivity index (χ0n) is 5.95. The van der Waals surface area contributed by atoms with E-state index in [4.69, 9.17) is 0 Å². The molecule has 0 aromatic heterocycles. The lowest BCUT2D eigenvalue weighted by Crippen LogP contribution is -2.46. The lowest BCUT2D eigenvalue weighted by Gasteiger charge is -2.26. The standard InChI is InChI=1S/C2H15NSi4/c1-7(2,6)3(4)5/h1-2,4-6H3. The highest BCUT2D eigenvalue weighted by atomic mass is 29.2. The van der Waals surface area contributed by atoms with Gasteiger partial charge in [0.25, 0.3) is 0 Å². The summed E-state index contributed by atoms with van der Waals surface area (Å²) in [5.41, 5.74) is 0. The minimum absolute atomic E-state index is 0.639. The van der Waals surface area contributed by atoms with Gasteiger partial charge in [-0.1, -0.05) is 13.1 Å². The van der Waals surface area contributed by atoms with Gasteiger partial charge in [-0.15, -0.1) is 0 Å². The summed E-state index contributed by atoms with van der Waals surface area (Å²) in [5.74, 6) is 0. The van der Waals surface area contributed by atoms with E-state index in [0.29, 0.717) is 0 Å². The topological polar surface area (TPSA) is 3.24 Å². The van der Waals surface area contributed by atoms with Crippen molar-refractivity contribution in [3.8, 4) is 0 Å². The van der Waals surface area contributed by atoms with Crippen molar-refractivity contribution in [1.82, 2.24) is 3.90 Å². The molecule has 0 aromatic rings. The Morgan fingerprint density at radius 3 is 1.43 bits per heavy atom. The first kappa shape index (κ1) is 7.83. The van der Waals surface area contributed by atoms with Crippen LogP contribution in [-0.4, -0.2) is 42.2 Å². The normalized spacial score (nSPS) is 14.1. The highest BCUT2D eigenvalue weighted by molar-refractivity contribution is 7.17. The summed E-state index contributed by atoms with van der Waals surface area (Å²) in [6, 6.07) is 0. The lowest BCUT2D eigenvalue weighted by atomic mass is 11.9. The summed E-state index contributed by atoms with van der Waals surface area (Å²) in [5, 5.41) is 0. The van der Waals surface area contributed by atoms with Gasteiger partial charge in [0.05, 0.1) is 28.6 Å². The molecule has 0 bridgehead atoms. The molecule has 0 saturated carbocycles. The van der Waals surface area contributed by atoms with E-state index >= 15 is 0 Å². The van der Waals surface area contributed by atoms with E-state index < -0.39 is 7.75 Å². The minimum Gasteiger partial charge on any atom is -0.386 e. The van der Waals surface area contributed by atoms with E-state index in [-0.39, 0.29) is 0 Å². The van der Waals surface area contributed by atoms with Crippen LogP contribution in [0, 0.1) is 0 Å². The number of hydrogen-bond donors (Lipinski definition) is 0. The molecule has 0 aliphatic heterocycles. The third kappa shape index (κ3) is 3.41. The molecule has 0 rings (SSSR count). The van der Waals surface area contributed by atoms with Gasteiger partial charge in [0.1, 0.15) is 0 Å². The van der Waals surface area contributed by atoms with E-state index in [1.54, 1.807) is 0 Å². The Kier molecular flexibility index (Phi) is 2.68. The largest absolute Gasteiger partial charge is 0.386 e. The summed E-state index contributed by atoms with van der Waals surface area (Å²) >= 11 is 0. The van der Waals surface area contributed by atoms with Crippen LogP contribution in [0.1, 0.15) is 0 Å². The predicted octanol–water partition coefficient (Wildman–Crippen LogP) is -3.08. The van der Waals surface area contributed by atoms with Crippen LogP contribution in [0.15, 0.2) is 0 Å². The second-order valence-electron chi connectivity index (χ2n) is 3.07. The van der Waals surface area contributed by atoms with Crippen LogP contribution in [0.4, 0.5) is 0 Å². The lowest BCUT2D eigenvalue weighted by molar-refractivity contribution is 1.10. The maximum Gasteiger partial charge on any atom is 0.0861 e. The summed E-state index contributed by atoms with van der Waals surface area (Å²) in [4.78, 5) is 0. The second-order valence-corrected chi connectivity index (χ2v) is 21.9. The van der Waals surface area contributed by atoms with Crippen LogP contribution < -0.4 is 0 Å². The van der Waals surface area contributed by atoms with Gasteiger partial charge in [-0.2, -0.15) is 0 Å². The molecule has 0 unspecified atom stereocenters. The maximum atomic E-state index is 2.67. The molecule has 7 heavy (non-hydrogen) atoms. The zero-order chi connectivity index (χ0) is 6.08. The zero-order valence-corrected chi connectivity index (χ0v) is 12.9. The molecule has 0 aromatic carbocycles. The van der Waals surface area contributed by atoms with Crippen molar-refractivity contribution < 1.29 is 0 Å². The molecule has 0 saturated heterocycles. The summed E-state index contributed by atoms with van der Waals surface area (Å²) in [6.07, 6.45) is 0. The average Bonchev–Trinajstić information content (AvgIpc) is 1.31. The Hall–Kier alpha value is 0.828. The molecule has 0 aliphatic rings. The minimum atomic E-state index is -0.639. The molecule has 0 atom stereocenters. The summed E-state index contributed by atoms with van der Waals surface area (Å²) in [6.45, 7) is 4.92. The Balaban J connectivity index is 3.54. The van der Waals surface area contributed by atoms with Crippen molar-refractivity contribution in [3.63, 3.8) is 0 Å². The summed E-state index contributed by atoms with van der Waals surface area (Å²) < 4.78 is 2.67. The summed E-state index contributed by atoms with van der Waals surface area (Å²) in [7, 11) is 3.45. The van der Waals surface area contributed by atoms with Gasteiger partial charge in [-0.3, -0.25) is 0 Å². The van der Waals surface area contributed by atoms with Gasteiger partial charge in [-0.05, 0) is 0 Å². The van der Waals surface area contributed by atoms with Crippen molar-refractivity contribution in [2.75, 3.05) is 0 Å². The van der Waals surface area contributed by atoms with Gasteiger partial charge in [0.2, 0.25) is 0 Å². The van der Waals surface area contributed by atoms with Gasteiger partial charge in [-0.25, -0.2) is 0 Å². The van der Waals surface area contributed by atoms with Gasteiger partial charge in [0, 0.05) is 9.76 Å². The molecular formula is C2H15NSi4. The SMILES string of the molecule is C[Si](C)([SiH3])N([SiH3])[SiH3]. The van der Waals surface area contributed by atoms with E-state index in [2.05, 4.69) is 17.0 Å². The predicted molar refractivity (Wildman–Crippen MR) is 49.1 cm³/mol. The number of hydrogen-bond acceptors (Lipinski definition) is 1. The van der Waals surface area contributed by atoms with Crippen LogP contribution in [0.3, 0.4) is 0 Å². The first-order valence-electron chi connectivity index (χ1n) is 2.62. The Labute approximate surface area is 55.8 Å². The second kappa shape index (κ2) is 2.40. The molecule has 0 heterocycles. The van der Waals surface area contributed by atoms with Crippen molar-refractivity contribution in [1.29, 1.82) is 0 Å². The molecular weight excluding hydrogens is 150 g/mol. The van der Waals surface area contributed by atoms with Crippen LogP contribution in [0.2, 0.25) is 13.1 Å². The van der Waals surface area contributed by atoms with Crippen molar-refractivity contribution in [2.24, 2.45) is 0 Å².